The third-order valence-corrected chi connectivity index (χ3v) is 2.03. The van der Waals surface area contributed by atoms with Crippen molar-refractivity contribution in [3.8, 4) is 0 Å². The molecule has 6 nitrogen and oxygen atoms in total. The lowest BCUT2D eigenvalue weighted by molar-refractivity contribution is 0.0950. The molecule has 6 heteroatoms. The molecule has 82 valence electrons. The van der Waals surface area contributed by atoms with Gasteiger partial charge < -0.3 is 11.1 Å². The van der Waals surface area contributed by atoms with Crippen molar-refractivity contribution < 1.29 is 4.79 Å². The van der Waals surface area contributed by atoms with E-state index in [2.05, 4.69) is 20.5 Å². The number of benzene rings is 1. The van der Waals surface area contributed by atoms with E-state index in [0.717, 1.165) is 0 Å². The van der Waals surface area contributed by atoms with Crippen LogP contribution in [0.2, 0.25) is 0 Å². The van der Waals surface area contributed by atoms with Gasteiger partial charge in [-0.25, -0.2) is 4.98 Å². The number of anilines is 1. The molecule has 0 bridgehead atoms. The summed E-state index contributed by atoms with van der Waals surface area (Å²) in [6.45, 7) is 0.313. The van der Waals surface area contributed by atoms with Gasteiger partial charge in [0.2, 0.25) is 0 Å². The summed E-state index contributed by atoms with van der Waals surface area (Å²) < 4.78 is 0. The van der Waals surface area contributed by atoms with Crippen LogP contribution in [0.4, 0.5) is 5.69 Å². The Kier molecular flexibility index (Phi) is 2.81. The Morgan fingerprint density at radius 1 is 1.50 bits per heavy atom. The minimum Gasteiger partial charge on any atom is -0.399 e. The van der Waals surface area contributed by atoms with Crippen molar-refractivity contribution in [2.75, 3.05) is 5.73 Å². The molecular weight excluding hydrogens is 206 g/mol. The zero-order chi connectivity index (χ0) is 11.4. The molecule has 16 heavy (non-hydrogen) atoms. The molecule has 4 N–H and O–H groups in total. The number of nitrogens with zero attached hydrogens (tertiary/aromatic N) is 2. The van der Waals surface area contributed by atoms with Gasteiger partial charge in [0, 0.05) is 11.3 Å². The summed E-state index contributed by atoms with van der Waals surface area (Å²) in [5, 5.41) is 9.03. The van der Waals surface area contributed by atoms with Crippen molar-refractivity contribution >= 4 is 11.6 Å². The number of H-pyrrole nitrogens is 1. The fraction of sp³-hybridized carbons (Fsp3) is 0.100. The monoisotopic (exact) mass is 217 g/mol. The highest BCUT2D eigenvalue weighted by Gasteiger charge is 2.05. The van der Waals surface area contributed by atoms with Crippen LogP contribution in [0.1, 0.15) is 16.2 Å². The van der Waals surface area contributed by atoms with Gasteiger partial charge in [-0.3, -0.25) is 9.89 Å². The van der Waals surface area contributed by atoms with Crippen LogP contribution in [0.15, 0.2) is 30.6 Å². The predicted molar refractivity (Wildman–Crippen MR) is 58.4 cm³/mol. The number of amides is 1. The Balaban J connectivity index is 1.98. The summed E-state index contributed by atoms with van der Waals surface area (Å²) in [7, 11) is 0. The second-order valence-corrected chi connectivity index (χ2v) is 3.24. The lowest BCUT2D eigenvalue weighted by Gasteiger charge is -2.03. The highest BCUT2D eigenvalue weighted by molar-refractivity contribution is 5.94. The Labute approximate surface area is 91.9 Å². The third-order valence-electron chi connectivity index (χ3n) is 2.03. The van der Waals surface area contributed by atoms with Crippen molar-refractivity contribution in [1.29, 1.82) is 0 Å². The predicted octanol–water partition coefficient (Wildman–Crippen LogP) is 0.317. The van der Waals surface area contributed by atoms with Crippen LogP contribution in [0.3, 0.4) is 0 Å². The van der Waals surface area contributed by atoms with E-state index in [9.17, 15) is 4.79 Å². The molecule has 0 spiro atoms. The van der Waals surface area contributed by atoms with Gasteiger partial charge in [0.05, 0.1) is 6.54 Å². The average molecular weight is 217 g/mol. The number of carbonyl (C=O) groups is 1. The summed E-state index contributed by atoms with van der Waals surface area (Å²) >= 11 is 0. The molecule has 0 aliphatic heterocycles. The molecule has 0 fully saturated rings. The Morgan fingerprint density at radius 3 is 3.06 bits per heavy atom. The van der Waals surface area contributed by atoms with Gasteiger partial charge in [-0.05, 0) is 18.2 Å². The van der Waals surface area contributed by atoms with E-state index >= 15 is 0 Å². The second-order valence-electron chi connectivity index (χ2n) is 3.24. The Morgan fingerprint density at radius 2 is 2.38 bits per heavy atom. The number of nitrogen functional groups attached to an aromatic ring is 1. The van der Waals surface area contributed by atoms with Gasteiger partial charge >= 0.3 is 0 Å². The first-order valence-electron chi connectivity index (χ1n) is 4.73. The molecule has 1 aromatic carbocycles. The molecule has 0 unspecified atom stereocenters. The Bertz CT molecular complexity index is 480. The molecule has 0 saturated carbocycles. The third kappa shape index (κ3) is 2.35. The molecule has 0 radical (unpaired) electrons. The van der Waals surface area contributed by atoms with Crippen molar-refractivity contribution in [3.63, 3.8) is 0 Å². The summed E-state index contributed by atoms with van der Waals surface area (Å²) in [5.74, 6) is 0.418. The zero-order valence-corrected chi connectivity index (χ0v) is 8.47. The highest BCUT2D eigenvalue weighted by atomic mass is 16.1. The summed E-state index contributed by atoms with van der Waals surface area (Å²) in [4.78, 5) is 15.6. The minimum atomic E-state index is -0.191. The molecule has 2 aromatic rings. The molecule has 1 aromatic heterocycles. The van der Waals surface area contributed by atoms with E-state index in [1.165, 1.54) is 6.33 Å². The lowest BCUT2D eigenvalue weighted by atomic mass is 10.2. The van der Waals surface area contributed by atoms with Crippen LogP contribution < -0.4 is 11.1 Å². The normalized spacial score (nSPS) is 10.0. The zero-order valence-electron chi connectivity index (χ0n) is 8.47. The first-order chi connectivity index (χ1) is 7.75. The van der Waals surface area contributed by atoms with Crippen LogP contribution in [0.5, 0.6) is 0 Å². The SMILES string of the molecule is Nc1cccc(C(=O)NCc2ncn[nH]2)c1. The van der Waals surface area contributed by atoms with Crippen molar-refractivity contribution in [1.82, 2.24) is 20.5 Å². The molecule has 2 rings (SSSR count). The molecular formula is C10H11N5O. The molecule has 0 saturated heterocycles. The van der Waals surface area contributed by atoms with Gasteiger partial charge in [0.1, 0.15) is 12.2 Å². The van der Waals surface area contributed by atoms with E-state index in [0.29, 0.717) is 23.6 Å². The van der Waals surface area contributed by atoms with E-state index in [-0.39, 0.29) is 5.91 Å². The van der Waals surface area contributed by atoms with Crippen LogP contribution in [0.25, 0.3) is 0 Å². The molecule has 0 aliphatic rings. The van der Waals surface area contributed by atoms with Gasteiger partial charge in [-0.2, -0.15) is 5.10 Å². The van der Waals surface area contributed by atoms with Crippen molar-refractivity contribution in [2.45, 2.75) is 6.54 Å². The first-order valence-corrected chi connectivity index (χ1v) is 4.73. The van der Waals surface area contributed by atoms with E-state index in [1.807, 2.05) is 0 Å². The first kappa shape index (κ1) is 10.2. The van der Waals surface area contributed by atoms with Crippen LogP contribution in [-0.4, -0.2) is 21.1 Å². The molecule has 0 atom stereocenters. The van der Waals surface area contributed by atoms with E-state index in [1.54, 1.807) is 24.3 Å². The molecule has 1 heterocycles. The van der Waals surface area contributed by atoms with Crippen molar-refractivity contribution in [3.05, 3.63) is 42.0 Å². The molecule has 1 amide bonds. The number of aromatic nitrogens is 3. The highest BCUT2D eigenvalue weighted by Crippen LogP contribution is 2.06. The number of carbonyl (C=O) groups excluding carboxylic acids is 1. The quantitative estimate of drug-likeness (QED) is 0.645. The number of nitrogens with one attached hydrogen (secondary N) is 2. The Hall–Kier alpha value is -2.37. The number of rotatable bonds is 3. The fourth-order valence-corrected chi connectivity index (χ4v) is 1.26. The van der Waals surface area contributed by atoms with Crippen molar-refractivity contribution in [2.24, 2.45) is 0 Å². The van der Waals surface area contributed by atoms with Gasteiger partial charge in [0.15, 0.2) is 0 Å². The topological polar surface area (TPSA) is 96.7 Å². The minimum absolute atomic E-state index is 0.191. The summed E-state index contributed by atoms with van der Waals surface area (Å²) in [6, 6.07) is 6.79. The number of hydrogen-bond donors (Lipinski definition) is 3. The number of nitrogens with two attached hydrogens (primary N) is 1. The van der Waals surface area contributed by atoms with Gasteiger partial charge in [-0.15, -0.1) is 0 Å². The smallest absolute Gasteiger partial charge is 0.251 e. The van der Waals surface area contributed by atoms with Crippen LogP contribution in [-0.2, 0) is 6.54 Å². The van der Waals surface area contributed by atoms with E-state index < -0.39 is 0 Å². The summed E-state index contributed by atoms with van der Waals surface area (Å²) in [5.41, 5.74) is 6.67. The maximum Gasteiger partial charge on any atom is 0.251 e. The average Bonchev–Trinajstić information content (AvgIpc) is 2.78. The fourth-order valence-electron chi connectivity index (χ4n) is 1.26. The maximum absolute atomic E-state index is 11.7. The number of aromatic amines is 1. The maximum atomic E-state index is 11.7. The standard InChI is InChI=1S/C10H11N5O/c11-8-3-1-2-7(4-8)10(16)12-5-9-13-6-14-15-9/h1-4,6H,5,11H2,(H,12,16)(H,13,14,15). The van der Waals surface area contributed by atoms with Gasteiger partial charge in [-0.1, -0.05) is 6.07 Å². The van der Waals surface area contributed by atoms with Crippen LogP contribution >= 0.6 is 0 Å². The lowest BCUT2D eigenvalue weighted by Crippen LogP contribution is -2.23. The van der Waals surface area contributed by atoms with Gasteiger partial charge in [0.25, 0.3) is 5.91 Å². The van der Waals surface area contributed by atoms with Crippen LogP contribution in [0, 0.1) is 0 Å². The number of hydrogen-bond acceptors (Lipinski definition) is 4. The largest absolute Gasteiger partial charge is 0.399 e. The molecule has 0 aliphatic carbocycles. The summed E-state index contributed by atoms with van der Waals surface area (Å²) in [6.07, 6.45) is 1.39. The second kappa shape index (κ2) is 4.43. The van der Waals surface area contributed by atoms with E-state index in [4.69, 9.17) is 5.73 Å².